The van der Waals surface area contributed by atoms with Gasteiger partial charge in [0.15, 0.2) is 5.22 Å². The summed E-state index contributed by atoms with van der Waals surface area (Å²) in [7, 11) is 1.89. The second-order valence-electron chi connectivity index (χ2n) is 3.93. The molecular weight excluding hydrogens is 337 g/mol. The molecule has 0 aliphatic heterocycles. The van der Waals surface area contributed by atoms with Crippen molar-refractivity contribution in [2.24, 2.45) is 0 Å². The van der Waals surface area contributed by atoms with E-state index in [1.165, 1.54) is 0 Å². The lowest BCUT2D eigenvalue weighted by Gasteiger charge is -2.16. The van der Waals surface area contributed by atoms with Crippen LogP contribution < -0.4 is 5.32 Å². The number of hydrogen-bond donors (Lipinski definition) is 1. The third kappa shape index (κ3) is 3.09. The van der Waals surface area contributed by atoms with E-state index in [2.05, 4.69) is 21.2 Å². The van der Waals surface area contributed by atoms with Crippen molar-refractivity contribution in [3.63, 3.8) is 0 Å². The minimum Gasteiger partial charge on any atom is -0.453 e. The molecular formula is C13H12BrCl2NO. The molecule has 2 nitrogen and oxygen atoms in total. The molecule has 1 heterocycles. The maximum atomic E-state index is 6.22. The molecule has 0 aliphatic rings. The van der Waals surface area contributed by atoms with Crippen molar-refractivity contribution in [2.45, 2.75) is 12.5 Å². The molecule has 0 saturated carbocycles. The van der Waals surface area contributed by atoms with E-state index in [0.717, 1.165) is 27.0 Å². The molecule has 2 rings (SSSR count). The molecule has 96 valence electrons. The highest BCUT2D eigenvalue weighted by atomic mass is 79.9. The highest BCUT2D eigenvalue weighted by molar-refractivity contribution is 9.10. The maximum Gasteiger partial charge on any atom is 0.197 e. The molecule has 0 saturated heterocycles. The molecule has 0 radical (unpaired) electrons. The number of nitrogens with one attached hydrogen (secondary N) is 1. The lowest BCUT2D eigenvalue weighted by atomic mass is 10.0. The fourth-order valence-electron chi connectivity index (χ4n) is 1.83. The topological polar surface area (TPSA) is 25.2 Å². The van der Waals surface area contributed by atoms with Crippen LogP contribution >= 0.6 is 39.1 Å². The Labute approximate surface area is 124 Å². The highest BCUT2D eigenvalue weighted by Gasteiger charge is 2.17. The van der Waals surface area contributed by atoms with Crippen molar-refractivity contribution in [1.29, 1.82) is 0 Å². The van der Waals surface area contributed by atoms with Gasteiger partial charge in [0.2, 0.25) is 0 Å². The average Bonchev–Trinajstić information content (AvgIpc) is 2.75. The van der Waals surface area contributed by atoms with Gasteiger partial charge in [-0.1, -0.05) is 33.6 Å². The molecule has 18 heavy (non-hydrogen) atoms. The molecule has 0 amide bonds. The van der Waals surface area contributed by atoms with Gasteiger partial charge in [0.1, 0.15) is 0 Å². The van der Waals surface area contributed by atoms with Crippen LogP contribution in [0.5, 0.6) is 0 Å². The highest BCUT2D eigenvalue weighted by Crippen LogP contribution is 2.29. The predicted molar refractivity (Wildman–Crippen MR) is 78.4 cm³/mol. The van der Waals surface area contributed by atoms with Crippen molar-refractivity contribution in [3.8, 4) is 0 Å². The zero-order valence-electron chi connectivity index (χ0n) is 9.71. The normalized spacial score (nSPS) is 12.7. The van der Waals surface area contributed by atoms with Crippen LogP contribution in [0.25, 0.3) is 0 Å². The SMILES string of the molecule is CNC(Cc1ccc(Br)cc1Cl)c1ccoc1Cl. The lowest BCUT2D eigenvalue weighted by molar-refractivity contribution is 0.544. The van der Waals surface area contributed by atoms with Gasteiger partial charge in [0, 0.05) is 21.1 Å². The van der Waals surface area contributed by atoms with E-state index in [9.17, 15) is 0 Å². The second-order valence-corrected chi connectivity index (χ2v) is 5.60. The number of likely N-dealkylation sites (N-methyl/N-ethyl adjacent to an activating group) is 1. The number of benzene rings is 1. The first-order chi connectivity index (χ1) is 8.61. The lowest BCUT2D eigenvalue weighted by Crippen LogP contribution is -2.18. The van der Waals surface area contributed by atoms with E-state index in [0.29, 0.717) is 5.22 Å². The fourth-order valence-corrected chi connectivity index (χ4v) is 2.83. The van der Waals surface area contributed by atoms with Crippen molar-refractivity contribution in [3.05, 3.63) is 56.4 Å². The molecule has 0 spiro atoms. The first-order valence-electron chi connectivity index (χ1n) is 5.46. The van der Waals surface area contributed by atoms with Gasteiger partial charge in [0.25, 0.3) is 0 Å². The third-order valence-electron chi connectivity index (χ3n) is 2.81. The number of furan rings is 1. The molecule has 1 aromatic carbocycles. The third-order valence-corrected chi connectivity index (χ3v) is 3.96. The summed E-state index contributed by atoms with van der Waals surface area (Å²) in [6.45, 7) is 0. The van der Waals surface area contributed by atoms with Crippen LogP contribution in [-0.2, 0) is 6.42 Å². The molecule has 1 N–H and O–H groups in total. The zero-order chi connectivity index (χ0) is 13.1. The summed E-state index contributed by atoms with van der Waals surface area (Å²) in [6, 6.07) is 7.82. The van der Waals surface area contributed by atoms with Gasteiger partial charge < -0.3 is 9.73 Å². The largest absolute Gasteiger partial charge is 0.453 e. The molecule has 1 unspecified atom stereocenters. The van der Waals surface area contributed by atoms with E-state index < -0.39 is 0 Å². The van der Waals surface area contributed by atoms with Crippen molar-refractivity contribution >= 4 is 39.1 Å². The first-order valence-corrected chi connectivity index (χ1v) is 7.00. The van der Waals surface area contributed by atoms with Gasteiger partial charge in [-0.25, -0.2) is 0 Å². The zero-order valence-corrected chi connectivity index (χ0v) is 12.8. The number of rotatable bonds is 4. The summed E-state index contributed by atoms with van der Waals surface area (Å²) >= 11 is 15.6. The molecule has 2 aromatic rings. The molecule has 0 bridgehead atoms. The van der Waals surface area contributed by atoms with Gasteiger partial charge in [-0.15, -0.1) is 0 Å². The van der Waals surface area contributed by atoms with Gasteiger partial charge in [-0.2, -0.15) is 0 Å². The Kier molecular flexibility index (Phi) is 4.73. The van der Waals surface area contributed by atoms with E-state index in [1.54, 1.807) is 6.26 Å². The summed E-state index contributed by atoms with van der Waals surface area (Å²) < 4.78 is 6.09. The van der Waals surface area contributed by atoms with Crippen molar-refractivity contribution < 1.29 is 4.42 Å². The van der Waals surface area contributed by atoms with Gasteiger partial charge >= 0.3 is 0 Å². The Balaban J connectivity index is 2.23. The van der Waals surface area contributed by atoms with Crippen LogP contribution in [0.1, 0.15) is 17.2 Å². The number of halogens is 3. The van der Waals surface area contributed by atoms with Crippen LogP contribution in [-0.4, -0.2) is 7.05 Å². The Morgan fingerprint density at radius 2 is 2.11 bits per heavy atom. The van der Waals surface area contributed by atoms with Gasteiger partial charge in [-0.05, 0) is 48.8 Å². The summed E-state index contributed by atoms with van der Waals surface area (Å²) in [5, 5.41) is 4.38. The molecule has 1 aromatic heterocycles. The van der Waals surface area contributed by atoms with Crippen LogP contribution in [0.3, 0.4) is 0 Å². The molecule has 1 atom stereocenters. The Hall–Kier alpha value is -0.480. The predicted octanol–water partition coefficient (Wildman–Crippen LogP) is 4.85. The number of hydrogen-bond acceptors (Lipinski definition) is 2. The van der Waals surface area contributed by atoms with E-state index >= 15 is 0 Å². The summed E-state index contributed by atoms with van der Waals surface area (Å²) in [6.07, 6.45) is 2.34. The van der Waals surface area contributed by atoms with Crippen LogP contribution in [0.2, 0.25) is 10.2 Å². The summed E-state index contributed by atoms with van der Waals surface area (Å²) in [4.78, 5) is 0. The van der Waals surface area contributed by atoms with Crippen molar-refractivity contribution in [1.82, 2.24) is 5.32 Å². The van der Waals surface area contributed by atoms with E-state index in [1.807, 2.05) is 31.3 Å². The minimum absolute atomic E-state index is 0.0786. The summed E-state index contributed by atoms with van der Waals surface area (Å²) in [5.74, 6) is 0. The van der Waals surface area contributed by atoms with Crippen molar-refractivity contribution in [2.75, 3.05) is 7.05 Å². The summed E-state index contributed by atoms with van der Waals surface area (Å²) in [5.41, 5.74) is 2.01. The van der Waals surface area contributed by atoms with Gasteiger partial charge in [0.05, 0.1) is 6.26 Å². The Morgan fingerprint density at radius 3 is 2.67 bits per heavy atom. The first kappa shape index (κ1) is 13.9. The minimum atomic E-state index is 0.0786. The Bertz CT molecular complexity index is 542. The molecule has 5 heteroatoms. The van der Waals surface area contributed by atoms with Crippen LogP contribution in [0.4, 0.5) is 0 Å². The quantitative estimate of drug-likeness (QED) is 0.854. The monoisotopic (exact) mass is 347 g/mol. The van der Waals surface area contributed by atoms with Crippen LogP contribution in [0, 0.1) is 0 Å². The fraction of sp³-hybridized carbons (Fsp3) is 0.231. The standard InChI is InChI=1S/C13H12BrCl2NO/c1-17-12(10-4-5-18-13(10)16)6-8-2-3-9(14)7-11(8)15/h2-5,7,12,17H,6H2,1H3. The molecule has 0 fully saturated rings. The maximum absolute atomic E-state index is 6.22. The average molecular weight is 349 g/mol. The smallest absolute Gasteiger partial charge is 0.197 e. The van der Waals surface area contributed by atoms with E-state index in [4.69, 9.17) is 27.6 Å². The molecule has 0 aliphatic carbocycles. The van der Waals surface area contributed by atoms with Crippen LogP contribution in [0.15, 0.2) is 39.4 Å². The Morgan fingerprint density at radius 1 is 1.33 bits per heavy atom. The second kappa shape index (κ2) is 6.11. The van der Waals surface area contributed by atoms with E-state index in [-0.39, 0.29) is 6.04 Å². The van der Waals surface area contributed by atoms with Gasteiger partial charge in [-0.3, -0.25) is 0 Å².